The summed E-state index contributed by atoms with van der Waals surface area (Å²) in [6.07, 6.45) is 4.54. The Morgan fingerprint density at radius 2 is 2.19 bits per heavy atom. The number of amides is 2. The van der Waals surface area contributed by atoms with Gasteiger partial charge in [0, 0.05) is 45.1 Å². The number of hydrogen-bond acceptors (Lipinski definition) is 3. The monoisotopic (exact) mass is 290 g/mol. The van der Waals surface area contributed by atoms with E-state index in [1.54, 1.807) is 12.4 Å². The average molecular weight is 290 g/mol. The Morgan fingerprint density at radius 1 is 1.48 bits per heavy atom. The van der Waals surface area contributed by atoms with Gasteiger partial charge in [-0.05, 0) is 36.6 Å². The van der Waals surface area contributed by atoms with Crippen LogP contribution in [0.1, 0.15) is 25.8 Å². The van der Waals surface area contributed by atoms with Crippen LogP contribution in [-0.2, 0) is 6.54 Å². The van der Waals surface area contributed by atoms with Gasteiger partial charge in [-0.1, -0.05) is 13.8 Å². The van der Waals surface area contributed by atoms with Crippen LogP contribution in [0.25, 0.3) is 0 Å². The predicted octanol–water partition coefficient (Wildman–Crippen LogP) is 1.95. The molecule has 2 heterocycles. The van der Waals surface area contributed by atoms with Crippen LogP contribution in [0.4, 0.5) is 4.79 Å². The number of urea groups is 1. The Labute approximate surface area is 127 Å². The van der Waals surface area contributed by atoms with Crippen molar-refractivity contribution in [3.63, 3.8) is 0 Å². The molecule has 1 fully saturated rings. The van der Waals surface area contributed by atoms with Gasteiger partial charge < -0.3 is 15.1 Å². The van der Waals surface area contributed by atoms with Crippen LogP contribution >= 0.6 is 0 Å². The van der Waals surface area contributed by atoms with E-state index >= 15 is 0 Å². The van der Waals surface area contributed by atoms with Gasteiger partial charge in [0.15, 0.2) is 0 Å². The molecule has 5 heteroatoms. The highest BCUT2D eigenvalue weighted by Crippen LogP contribution is 2.21. The maximum atomic E-state index is 12.3. The number of hydrogen-bond donors (Lipinski definition) is 1. The highest BCUT2D eigenvalue weighted by atomic mass is 16.2. The molecule has 2 atom stereocenters. The third kappa shape index (κ3) is 4.17. The second kappa shape index (κ2) is 7.41. The highest BCUT2D eigenvalue weighted by Gasteiger charge is 2.30. The second-order valence-corrected chi connectivity index (χ2v) is 5.85. The maximum Gasteiger partial charge on any atom is 0.317 e. The number of piperidine rings is 1. The molecule has 1 aliphatic rings. The van der Waals surface area contributed by atoms with Crippen LogP contribution in [0.2, 0.25) is 0 Å². The van der Waals surface area contributed by atoms with Crippen molar-refractivity contribution in [2.45, 2.75) is 32.9 Å². The zero-order chi connectivity index (χ0) is 15.2. The Balaban J connectivity index is 1.84. The normalized spacial score (nSPS) is 22.8. The summed E-state index contributed by atoms with van der Waals surface area (Å²) in [6, 6.07) is 4.17. The number of carbonyl (C=O) groups excluding carboxylic acids is 1. The lowest BCUT2D eigenvalue weighted by molar-refractivity contribution is 0.0962. The van der Waals surface area contributed by atoms with Gasteiger partial charge in [0.25, 0.3) is 0 Å². The van der Waals surface area contributed by atoms with Crippen molar-refractivity contribution in [3.8, 4) is 0 Å². The Bertz CT molecular complexity index is 451. The number of likely N-dealkylation sites (tertiary alicyclic amines) is 1. The fraction of sp³-hybridized carbons (Fsp3) is 0.625. The molecule has 0 aromatic carbocycles. The van der Waals surface area contributed by atoms with E-state index in [0.717, 1.165) is 31.6 Å². The topological polar surface area (TPSA) is 48.5 Å². The fourth-order valence-corrected chi connectivity index (χ4v) is 3.04. The van der Waals surface area contributed by atoms with Crippen LogP contribution in [0, 0.1) is 5.92 Å². The molecule has 1 aliphatic heterocycles. The highest BCUT2D eigenvalue weighted by molar-refractivity contribution is 5.74. The summed E-state index contributed by atoms with van der Waals surface area (Å²) >= 11 is 0. The molecular weight excluding hydrogens is 264 g/mol. The van der Waals surface area contributed by atoms with Crippen molar-refractivity contribution >= 4 is 6.03 Å². The molecule has 21 heavy (non-hydrogen) atoms. The van der Waals surface area contributed by atoms with E-state index < -0.39 is 0 Å². The van der Waals surface area contributed by atoms with E-state index in [0.29, 0.717) is 18.5 Å². The molecule has 0 spiro atoms. The van der Waals surface area contributed by atoms with E-state index in [1.807, 2.05) is 24.1 Å². The first-order valence-corrected chi connectivity index (χ1v) is 7.73. The first-order valence-electron chi connectivity index (χ1n) is 7.73. The van der Waals surface area contributed by atoms with Gasteiger partial charge >= 0.3 is 6.03 Å². The number of pyridine rings is 1. The standard InChI is InChI=1S/C16H26N4O/c1-4-20-10-7-15(13(2)12-20)19(3)16(21)18-11-14-5-8-17-9-6-14/h5-6,8-9,13,15H,4,7,10-12H2,1-3H3,(H,18,21)/t13-,15+/m1/s1. The van der Waals surface area contributed by atoms with Gasteiger partial charge in [-0.2, -0.15) is 0 Å². The van der Waals surface area contributed by atoms with Crippen LogP contribution in [0.5, 0.6) is 0 Å². The van der Waals surface area contributed by atoms with Crippen LogP contribution in [0.3, 0.4) is 0 Å². The van der Waals surface area contributed by atoms with E-state index in [2.05, 4.69) is 29.0 Å². The van der Waals surface area contributed by atoms with Crippen molar-refractivity contribution in [1.29, 1.82) is 0 Å². The van der Waals surface area contributed by atoms with Gasteiger partial charge in [0.1, 0.15) is 0 Å². The van der Waals surface area contributed by atoms with Crippen molar-refractivity contribution in [1.82, 2.24) is 20.1 Å². The maximum absolute atomic E-state index is 12.3. The summed E-state index contributed by atoms with van der Waals surface area (Å²) in [5, 5.41) is 2.99. The third-order valence-electron chi connectivity index (χ3n) is 4.40. The minimum absolute atomic E-state index is 0.00797. The van der Waals surface area contributed by atoms with E-state index in [4.69, 9.17) is 0 Å². The van der Waals surface area contributed by atoms with Crippen LogP contribution < -0.4 is 5.32 Å². The second-order valence-electron chi connectivity index (χ2n) is 5.85. The fourth-order valence-electron chi connectivity index (χ4n) is 3.04. The average Bonchev–Trinajstić information content (AvgIpc) is 2.52. The molecule has 116 valence electrons. The van der Waals surface area contributed by atoms with Crippen LogP contribution in [0.15, 0.2) is 24.5 Å². The zero-order valence-corrected chi connectivity index (χ0v) is 13.2. The van der Waals surface area contributed by atoms with Gasteiger partial charge in [0.2, 0.25) is 0 Å². The van der Waals surface area contributed by atoms with Gasteiger partial charge in [-0.3, -0.25) is 4.98 Å². The summed E-state index contributed by atoms with van der Waals surface area (Å²) in [6.45, 7) is 8.22. The molecule has 1 N–H and O–H groups in total. The van der Waals surface area contributed by atoms with E-state index in [-0.39, 0.29) is 6.03 Å². The quantitative estimate of drug-likeness (QED) is 0.922. The SMILES string of the molecule is CCN1CC[C@H](N(C)C(=O)NCc2ccncc2)[C@H](C)C1. The van der Waals surface area contributed by atoms with Gasteiger partial charge in [-0.15, -0.1) is 0 Å². The summed E-state index contributed by atoms with van der Waals surface area (Å²) in [4.78, 5) is 20.6. The number of rotatable bonds is 4. The molecule has 1 aromatic rings. The molecule has 1 aromatic heterocycles. The summed E-state index contributed by atoms with van der Waals surface area (Å²) in [5.41, 5.74) is 1.07. The van der Waals surface area contributed by atoms with Gasteiger partial charge in [0.05, 0.1) is 0 Å². The number of aromatic nitrogens is 1. The van der Waals surface area contributed by atoms with Crippen molar-refractivity contribution in [2.75, 3.05) is 26.7 Å². The molecule has 2 rings (SSSR count). The number of nitrogens with zero attached hydrogens (tertiary/aromatic N) is 3. The number of carbonyl (C=O) groups is 1. The van der Waals surface area contributed by atoms with E-state index in [1.165, 1.54) is 0 Å². The summed E-state index contributed by atoms with van der Waals surface area (Å²) < 4.78 is 0. The lowest BCUT2D eigenvalue weighted by Crippen LogP contribution is -2.52. The largest absolute Gasteiger partial charge is 0.334 e. The smallest absolute Gasteiger partial charge is 0.317 e. The molecule has 5 nitrogen and oxygen atoms in total. The lowest BCUT2D eigenvalue weighted by atomic mass is 9.93. The minimum Gasteiger partial charge on any atom is -0.334 e. The lowest BCUT2D eigenvalue weighted by Gasteiger charge is -2.40. The van der Waals surface area contributed by atoms with E-state index in [9.17, 15) is 4.79 Å². The molecule has 0 saturated carbocycles. The molecule has 1 saturated heterocycles. The molecule has 2 amide bonds. The zero-order valence-electron chi connectivity index (χ0n) is 13.2. The Kier molecular flexibility index (Phi) is 5.56. The minimum atomic E-state index is 0.00797. The molecule has 0 radical (unpaired) electrons. The predicted molar refractivity (Wildman–Crippen MR) is 83.9 cm³/mol. The Morgan fingerprint density at radius 3 is 2.81 bits per heavy atom. The summed E-state index contributed by atoms with van der Waals surface area (Å²) in [5.74, 6) is 0.510. The van der Waals surface area contributed by atoms with Crippen molar-refractivity contribution in [3.05, 3.63) is 30.1 Å². The molecular formula is C16H26N4O. The molecule has 0 unspecified atom stereocenters. The first kappa shape index (κ1) is 15.8. The van der Waals surface area contributed by atoms with Gasteiger partial charge in [-0.25, -0.2) is 4.79 Å². The number of nitrogens with one attached hydrogen (secondary N) is 1. The van der Waals surface area contributed by atoms with Crippen LogP contribution in [-0.4, -0.2) is 53.5 Å². The Hall–Kier alpha value is -1.62. The molecule has 0 bridgehead atoms. The first-order chi connectivity index (χ1) is 10.1. The third-order valence-corrected chi connectivity index (χ3v) is 4.40. The molecule has 0 aliphatic carbocycles. The van der Waals surface area contributed by atoms with Crippen molar-refractivity contribution < 1.29 is 4.79 Å². The van der Waals surface area contributed by atoms with Crippen molar-refractivity contribution in [2.24, 2.45) is 5.92 Å². The summed E-state index contributed by atoms with van der Waals surface area (Å²) in [7, 11) is 1.91.